The first kappa shape index (κ1) is 20.4. The van der Waals surface area contributed by atoms with Crippen LogP contribution in [0.15, 0.2) is 22.9 Å². The summed E-state index contributed by atoms with van der Waals surface area (Å²) in [6.45, 7) is 4.92. The minimum absolute atomic E-state index is 0.108. The molecule has 1 atom stereocenters. The molecule has 0 fully saturated rings. The molecule has 3 aromatic rings. The van der Waals surface area contributed by atoms with Gasteiger partial charge in [0.1, 0.15) is 0 Å². The Kier molecular flexibility index (Phi) is 5.78. The van der Waals surface area contributed by atoms with Crippen molar-refractivity contribution >= 4 is 45.4 Å². The Morgan fingerprint density at radius 2 is 2.13 bits per heavy atom. The monoisotopic (exact) mass is 443 g/mol. The summed E-state index contributed by atoms with van der Waals surface area (Å²) in [5, 5.41) is 14.0. The van der Waals surface area contributed by atoms with Crippen molar-refractivity contribution < 1.29 is 14.4 Å². The number of Topliss-reactive ketones (excluding diaryl/α,β-unsaturated/α-hetero) is 1. The van der Waals surface area contributed by atoms with Crippen LogP contribution in [-0.4, -0.2) is 38.9 Å². The van der Waals surface area contributed by atoms with Gasteiger partial charge in [0.05, 0.1) is 34.3 Å². The number of rotatable bonds is 6. The average Bonchev–Trinajstić information content (AvgIpc) is 3.42. The zero-order valence-corrected chi connectivity index (χ0v) is 18.2. The third-order valence-electron chi connectivity index (χ3n) is 4.92. The van der Waals surface area contributed by atoms with Crippen molar-refractivity contribution in [2.45, 2.75) is 33.2 Å². The van der Waals surface area contributed by atoms with Crippen LogP contribution in [0.25, 0.3) is 0 Å². The van der Waals surface area contributed by atoms with Crippen LogP contribution in [0.3, 0.4) is 0 Å². The maximum Gasteiger partial charge on any atom is 0.258 e. The molecule has 0 unspecified atom stereocenters. The highest BCUT2D eigenvalue weighted by Gasteiger charge is 2.33. The van der Waals surface area contributed by atoms with Gasteiger partial charge in [0.15, 0.2) is 10.9 Å². The van der Waals surface area contributed by atoms with Crippen molar-refractivity contribution in [1.29, 1.82) is 0 Å². The Balaban J connectivity index is 1.36. The van der Waals surface area contributed by atoms with E-state index in [1.807, 2.05) is 30.0 Å². The molecule has 4 rings (SSSR count). The van der Waals surface area contributed by atoms with E-state index in [0.29, 0.717) is 40.8 Å². The Bertz CT molecular complexity index is 1100. The minimum Gasteiger partial charge on any atom is -0.354 e. The molecule has 10 heteroatoms. The van der Waals surface area contributed by atoms with Gasteiger partial charge in [-0.2, -0.15) is 16.4 Å². The van der Waals surface area contributed by atoms with Crippen molar-refractivity contribution in [1.82, 2.24) is 20.1 Å². The molecule has 156 valence electrons. The van der Waals surface area contributed by atoms with Crippen LogP contribution in [0, 0.1) is 19.8 Å². The lowest BCUT2D eigenvalue weighted by molar-refractivity contribution is -0.125. The standard InChI is InChI=1S/C20H21N5O3S2/c1-11-7-12(2)25(24-11)5-4-21-18(27)14-8-15-17(16(26)9-14)30-20(22-15)23-19(28)13-3-6-29-10-13/h3,6-7,10,14H,4-5,8-9H2,1-2H3,(H,21,27)(H,22,23,28)/t14-/m0/s1. The fraction of sp³-hybridized carbons (Fsp3) is 0.350. The molecule has 1 aliphatic carbocycles. The summed E-state index contributed by atoms with van der Waals surface area (Å²) in [6.07, 6.45) is 0.538. The van der Waals surface area contributed by atoms with Gasteiger partial charge >= 0.3 is 0 Å². The number of thiophene rings is 1. The van der Waals surface area contributed by atoms with Gasteiger partial charge in [0.25, 0.3) is 5.91 Å². The fourth-order valence-electron chi connectivity index (χ4n) is 3.46. The van der Waals surface area contributed by atoms with Crippen LogP contribution in [0.4, 0.5) is 5.13 Å². The average molecular weight is 444 g/mol. The first-order valence-corrected chi connectivity index (χ1v) is 11.3. The molecule has 3 aromatic heterocycles. The number of aryl methyl sites for hydroxylation is 2. The van der Waals surface area contributed by atoms with Crippen LogP contribution in [0.1, 0.15) is 43.5 Å². The van der Waals surface area contributed by atoms with E-state index in [0.717, 1.165) is 11.4 Å². The number of fused-ring (bicyclic) bond motifs is 1. The van der Waals surface area contributed by atoms with Crippen LogP contribution < -0.4 is 10.6 Å². The number of nitrogens with zero attached hydrogens (tertiary/aromatic N) is 3. The molecule has 30 heavy (non-hydrogen) atoms. The van der Waals surface area contributed by atoms with E-state index in [9.17, 15) is 14.4 Å². The van der Waals surface area contributed by atoms with E-state index in [-0.39, 0.29) is 24.0 Å². The molecule has 2 N–H and O–H groups in total. The highest BCUT2D eigenvalue weighted by Crippen LogP contribution is 2.32. The maximum absolute atomic E-state index is 12.6. The summed E-state index contributed by atoms with van der Waals surface area (Å²) in [5.74, 6) is -0.975. The van der Waals surface area contributed by atoms with Crippen molar-refractivity contribution in [3.05, 3.63) is 50.4 Å². The largest absolute Gasteiger partial charge is 0.354 e. The first-order chi connectivity index (χ1) is 14.4. The summed E-state index contributed by atoms with van der Waals surface area (Å²) >= 11 is 2.60. The number of thiazole rings is 1. The number of hydrogen-bond acceptors (Lipinski definition) is 7. The highest BCUT2D eigenvalue weighted by atomic mass is 32.1. The molecule has 8 nitrogen and oxygen atoms in total. The van der Waals surface area contributed by atoms with Gasteiger partial charge < -0.3 is 5.32 Å². The van der Waals surface area contributed by atoms with Crippen molar-refractivity contribution in [3.8, 4) is 0 Å². The molecule has 0 saturated carbocycles. The van der Waals surface area contributed by atoms with E-state index < -0.39 is 5.92 Å². The molecule has 0 aliphatic heterocycles. The SMILES string of the molecule is Cc1cc(C)n(CCNC(=O)[C@@H]2CC(=O)c3sc(NC(=O)c4ccsc4)nc3C2)n1. The van der Waals surface area contributed by atoms with Gasteiger partial charge in [-0.1, -0.05) is 11.3 Å². The highest BCUT2D eigenvalue weighted by molar-refractivity contribution is 7.17. The van der Waals surface area contributed by atoms with E-state index in [1.54, 1.807) is 11.4 Å². The lowest BCUT2D eigenvalue weighted by atomic mass is 9.89. The number of nitrogens with one attached hydrogen (secondary N) is 2. The molecule has 1 aliphatic rings. The van der Waals surface area contributed by atoms with Crippen molar-refractivity contribution in [2.24, 2.45) is 5.92 Å². The van der Waals surface area contributed by atoms with E-state index in [1.165, 1.54) is 22.7 Å². The van der Waals surface area contributed by atoms with Gasteiger partial charge in [0.2, 0.25) is 5.91 Å². The third kappa shape index (κ3) is 4.34. The Labute approximate surface area is 181 Å². The van der Waals surface area contributed by atoms with Crippen molar-refractivity contribution in [2.75, 3.05) is 11.9 Å². The number of anilines is 1. The molecular formula is C20H21N5O3S2. The van der Waals surface area contributed by atoms with Crippen LogP contribution in [0.2, 0.25) is 0 Å². The lowest BCUT2D eigenvalue weighted by Crippen LogP contribution is -2.37. The van der Waals surface area contributed by atoms with Gasteiger partial charge in [-0.3, -0.25) is 24.4 Å². The molecular weight excluding hydrogens is 422 g/mol. The summed E-state index contributed by atoms with van der Waals surface area (Å²) in [7, 11) is 0. The first-order valence-electron chi connectivity index (χ1n) is 9.56. The maximum atomic E-state index is 12.6. The van der Waals surface area contributed by atoms with Crippen molar-refractivity contribution in [3.63, 3.8) is 0 Å². The zero-order valence-electron chi connectivity index (χ0n) is 16.6. The predicted octanol–water partition coefficient (Wildman–Crippen LogP) is 2.83. The van der Waals surface area contributed by atoms with Crippen LogP contribution >= 0.6 is 22.7 Å². The predicted molar refractivity (Wildman–Crippen MR) is 115 cm³/mol. The summed E-state index contributed by atoms with van der Waals surface area (Å²) in [5.41, 5.74) is 3.11. The molecule has 0 radical (unpaired) electrons. The lowest BCUT2D eigenvalue weighted by Gasteiger charge is -2.19. The molecule has 0 bridgehead atoms. The second-order valence-corrected chi connectivity index (χ2v) is 9.01. The van der Waals surface area contributed by atoms with Gasteiger partial charge in [-0.25, -0.2) is 4.98 Å². The number of aromatic nitrogens is 3. The quantitative estimate of drug-likeness (QED) is 0.609. The van der Waals surface area contributed by atoms with E-state index in [4.69, 9.17) is 0 Å². The van der Waals surface area contributed by atoms with Crippen LogP contribution in [-0.2, 0) is 17.8 Å². The fourth-order valence-corrected chi connectivity index (χ4v) is 5.04. The van der Waals surface area contributed by atoms with Crippen LogP contribution in [0.5, 0.6) is 0 Å². The third-order valence-corrected chi connectivity index (χ3v) is 6.66. The molecule has 0 aromatic carbocycles. The Morgan fingerprint density at radius 1 is 1.30 bits per heavy atom. The van der Waals surface area contributed by atoms with Gasteiger partial charge in [-0.15, -0.1) is 0 Å². The van der Waals surface area contributed by atoms with E-state index in [2.05, 4.69) is 20.7 Å². The number of hydrogen-bond donors (Lipinski definition) is 2. The molecule has 0 saturated heterocycles. The van der Waals surface area contributed by atoms with E-state index >= 15 is 0 Å². The summed E-state index contributed by atoms with van der Waals surface area (Å²) in [6, 6.07) is 3.71. The smallest absolute Gasteiger partial charge is 0.258 e. The number of carbonyl (C=O) groups excluding carboxylic acids is 3. The Hall–Kier alpha value is -2.85. The summed E-state index contributed by atoms with van der Waals surface area (Å²) in [4.78, 5) is 42.3. The molecule has 3 heterocycles. The number of carbonyl (C=O) groups is 3. The minimum atomic E-state index is -0.451. The number of ketones is 1. The topological polar surface area (TPSA) is 106 Å². The van der Waals surface area contributed by atoms with Gasteiger partial charge in [-0.05, 0) is 31.4 Å². The Morgan fingerprint density at radius 3 is 2.83 bits per heavy atom. The molecule has 2 amide bonds. The zero-order chi connectivity index (χ0) is 21.3. The summed E-state index contributed by atoms with van der Waals surface area (Å²) < 4.78 is 1.85. The van der Waals surface area contributed by atoms with Gasteiger partial charge in [0, 0.05) is 30.5 Å². The number of amides is 2. The normalized spacial score (nSPS) is 15.7. The molecule has 0 spiro atoms. The second kappa shape index (κ2) is 8.49. The second-order valence-electron chi connectivity index (χ2n) is 7.23.